The predicted octanol–water partition coefficient (Wildman–Crippen LogP) is 2.68. The van der Waals surface area contributed by atoms with Gasteiger partial charge in [-0.3, -0.25) is 24.2 Å². The van der Waals surface area contributed by atoms with Crippen LogP contribution in [-0.2, 0) is 14.2 Å². The zero-order valence-corrected chi connectivity index (χ0v) is 21.5. The van der Waals surface area contributed by atoms with Crippen LogP contribution in [0.4, 0.5) is 0 Å². The van der Waals surface area contributed by atoms with E-state index in [2.05, 4.69) is 10.6 Å². The van der Waals surface area contributed by atoms with Crippen LogP contribution < -0.4 is 15.9 Å². The van der Waals surface area contributed by atoms with E-state index in [4.69, 9.17) is 4.42 Å². The van der Waals surface area contributed by atoms with Crippen LogP contribution in [0.15, 0.2) is 34.7 Å². The van der Waals surface area contributed by atoms with Crippen LogP contribution >= 0.6 is 7.60 Å². The molecule has 1 aromatic carbocycles. The molecule has 12 heteroatoms. The van der Waals surface area contributed by atoms with Crippen molar-refractivity contribution in [1.29, 1.82) is 0 Å². The molecule has 0 unspecified atom stereocenters. The van der Waals surface area contributed by atoms with E-state index in [-0.39, 0.29) is 30.1 Å². The zero-order chi connectivity index (χ0) is 26.9. The van der Waals surface area contributed by atoms with Crippen LogP contribution in [0.5, 0.6) is 0 Å². The molecule has 0 radical (unpaired) electrons. The molecule has 2 rings (SSSR count). The Morgan fingerprint density at radius 2 is 1.86 bits per heavy atom. The normalized spacial score (nSPS) is 13.1. The van der Waals surface area contributed by atoms with E-state index in [1.165, 1.54) is 18.2 Å². The summed E-state index contributed by atoms with van der Waals surface area (Å²) in [7, 11) is -4.39. The van der Waals surface area contributed by atoms with Crippen LogP contribution in [0, 0.1) is 12.8 Å². The fourth-order valence-corrected chi connectivity index (χ4v) is 4.82. The maximum absolute atomic E-state index is 12.8. The highest BCUT2D eigenvalue weighted by Gasteiger charge is 2.30. The van der Waals surface area contributed by atoms with Crippen molar-refractivity contribution in [2.45, 2.75) is 58.9 Å². The Morgan fingerprint density at radius 1 is 1.14 bits per heavy atom. The van der Waals surface area contributed by atoms with Crippen LogP contribution in [0.3, 0.4) is 0 Å². The third-order valence-corrected chi connectivity index (χ3v) is 7.05. The standard InChI is InChI=1S/C24H34N3O8P/c1-4-6-7-8-18(19(5-2)27(31)15-28)23(29)25-14-26-24(30)21-11-10-20(35-21)17-9-12-22(16(3)13-17)36(32,33)34/h9-13,15,18-19,31H,4-8,14H2,1-3H3,(H,25,29)(H,26,30)(H2,32,33,34)/t18-,19-/m1/s1. The molecule has 0 fully saturated rings. The molecule has 0 bridgehead atoms. The summed E-state index contributed by atoms with van der Waals surface area (Å²) in [6.07, 6.45) is 3.77. The Bertz CT molecular complexity index is 1100. The van der Waals surface area contributed by atoms with Gasteiger partial charge in [-0.05, 0) is 49.6 Å². The van der Waals surface area contributed by atoms with Gasteiger partial charge in [-0.15, -0.1) is 0 Å². The average molecular weight is 524 g/mol. The number of hydroxylamine groups is 2. The molecule has 2 aromatic rings. The number of furan rings is 1. The number of nitrogens with one attached hydrogen (secondary N) is 2. The second-order valence-corrected chi connectivity index (χ2v) is 10.1. The van der Waals surface area contributed by atoms with Crippen molar-refractivity contribution < 1.29 is 38.4 Å². The van der Waals surface area contributed by atoms with Crippen LogP contribution in [0.25, 0.3) is 11.3 Å². The number of benzene rings is 1. The number of carbonyl (C=O) groups is 3. The van der Waals surface area contributed by atoms with E-state index >= 15 is 0 Å². The Balaban J connectivity index is 2.01. The summed E-state index contributed by atoms with van der Waals surface area (Å²) in [5.74, 6) is -1.27. The highest BCUT2D eigenvalue weighted by atomic mass is 31.2. The molecule has 36 heavy (non-hydrogen) atoms. The molecule has 2 atom stereocenters. The molecule has 0 saturated carbocycles. The van der Waals surface area contributed by atoms with Crippen molar-refractivity contribution in [2.75, 3.05) is 6.67 Å². The second-order valence-electron chi connectivity index (χ2n) is 8.50. The third-order valence-electron chi connectivity index (χ3n) is 5.92. The van der Waals surface area contributed by atoms with Crippen LogP contribution in [0.2, 0.25) is 0 Å². The van der Waals surface area contributed by atoms with Gasteiger partial charge in [0.05, 0.1) is 23.9 Å². The molecule has 198 valence electrons. The summed E-state index contributed by atoms with van der Waals surface area (Å²) < 4.78 is 17.1. The summed E-state index contributed by atoms with van der Waals surface area (Å²) >= 11 is 0. The smallest absolute Gasteiger partial charge is 0.356 e. The van der Waals surface area contributed by atoms with Gasteiger partial charge in [-0.2, -0.15) is 0 Å². The number of carbonyl (C=O) groups excluding carboxylic acids is 3. The topological polar surface area (TPSA) is 169 Å². The SMILES string of the molecule is CCCCC[C@@H](C(=O)NCNC(=O)c1ccc(-c2ccc(P(=O)(O)O)c(C)c2)o1)[C@@H](CC)N(O)C=O. The van der Waals surface area contributed by atoms with E-state index in [0.29, 0.717) is 34.8 Å². The van der Waals surface area contributed by atoms with Crippen molar-refractivity contribution in [2.24, 2.45) is 5.92 Å². The number of hydrogen-bond donors (Lipinski definition) is 5. The lowest BCUT2D eigenvalue weighted by Crippen LogP contribution is -2.47. The van der Waals surface area contributed by atoms with Gasteiger partial charge in [0.25, 0.3) is 5.91 Å². The highest BCUT2D eigenvalue weighted by molar-refractivity contribution is 7.60. The number of rotatable bonds is 14. The van der Waals surface area contributed by atoms with E-state index in [1.807, 2.05) is 6.92 Å². The predicted molar refractivity (Wildman–Crippen MR) is 132 cm³/mol. The molecule has 0 aliphatic heterocycles. The summed E-state index contributed by atoms with van der Waals surface area (Å²) in [5.41, 5.74) is 0.933. The van der Waals surface area contributed by atoms with E-state index in [1.54, 1.807) is 26.0 Å². The van der Waals surface area contributed by atoms with Gasteiger partial charge < -0.3 is 24.8 Å². The number of amides is 3. The Hall–Kier alpha value is -2.98. The monoisotopic (exact) mass is 523 g/mol. The quantitative estimate of drug-likeness (QED) is 0.0629. The van der Waals surface area contributed by atoms with Gasteiger partial charge in [0, 0.05) is 5.56 Å². The van der Waals surface area contributed by atoms with E-state index < -0.39 is 25.5 Å². The third kappa shape index (κ3) is 7.76. The first-order valence-electron chi connectivity index (χ1n) is 11.8. The van der Waals surface area contributed by atoms with Crippen molar-refractivity contribution in [3.63, 3.8) is 0 Å². The van der Waals surface area contributed by atoms with E-state index in [9.17, 15) is 33.9 Å². The minimum Gasteiger partial charge on any atom is -0.451 e. The zero-order valence-electron chi connectivity index (χ0n) is 20.6. The average Bonchev–Trinajstić information content (AvgIpc) is 3.33. The minimum absolute atomic E-state index is 0.00983. The summed E-state index contributed by atoms with van der Waals surface area (Å²) in [4.78, 5) is 55.1. The van der Waals surface area contributed by atoms with Gasteiger partial charge in [-0.25, -0.2) is 5.06 Å². The van der Waals surface area contributed by atoms with Gasteiger partial charge in [0.15, 0.2) is 5.76 Å². The molecular weight excluding hydrogens is 489 g/mol. The minimum atomic E-state index is -4.39. The van der Waals surface area contributed by atoms with Gasteiger partial charge in [0.1, 0.15) is 5.76 Å². The van der Waals surface area contributed by atoms with Crippen molar-refractivity contribution in [3.8, 4) is 11.3 Å². The molecule has 0 aliphatic rings. The number of hydrogen-bond acceptors (Lipinski definition) is 6. The lowest BCUT2D eigenvalue weighted by molar-refractivity contribution is -0.168. The lowest BCUT2D eigenvalue weighted by Gasteiger charge is -2.29. The number of unbranched alkanes of at least 4 members (excludes halogenated alkanes) is 2. The van der Waals surface area contributed by atoms with Gasteiger partial charge in [-0.1, -0.05) is 39.2 Å². The first kappa shape index (κ1) is 29.3. The molecule has 0 aliphatic carbocycles. The molecule has 11 nitrogen and oxygen atoms in total. The fourth-order valence-electron chi connectivity index (χ4n) is 4.03. The highest BCUT2D eigenvalue weighted by Crippen LogP contribution is 2.35. The molecule has 0 saturated heterocycles. The largest absolute Gasteiger partial charge is 0.451 e. The first-order valence-corrected chi connectivity index (χ1v) is 13.4. The van der Waals surface area contributed by atoms with Crippen molar-refractivity contribution >= 4 is 31.1 Å². The lowest BCUT2D eigenvalue weighted by atomic mass is 9.90. The fraction of sp³-hybridized carbons (Fsp3) is 0.458. The van der Waals surface area contributed by atoms with Crippen LogP contribution in [-0.4, -0.2) is 51.0 Å². The molecule has 5 N–H and O–H groups in total. The molecule has 1 aromatic heterocycles. The van der Waals surface area contributed by atoms with Gasteiger partial charge in [0.2, 0.25) is 12.3 Å². The molecule has 1 heterocycles. The second kappa shape index (κ2) is 13.4. The Kier molecular flexibility index (Phi) is 10.9. The maximum atomic E-state index is 12.8. The van der Waals surface area contributed by atoms with Crippen molar-refractivity contribution in [3.05, 3.63) is 41.7 Å². The summed E-state index contributed by atoms with van der Waals surface area (Å²) in [5, 5.41) is 15.5. The summed E-state index contributed by atoms with van der Waals surface area (Å²) in [6.45, 7) is 5.19. The Labute approximate surface area is 210 Å². The molecular formula is C24H34N3O8P. The van der Waals surface area contributed by atoms with Gasteiger partial charge >= 0.3 is 7.60 Å². The number of aryl methyl sites for hydroxylation is 1. The van der Waals surface area contributed by atoms with Crippen molar-refractivity contribution in [1.82, 2.24) is 15.7 Å². The number of nitrogens with zero attached hydrogens (tertiary/aromatic N) is 1. The first-order chi connectivity index (χ1) is 17.0. The molecule has 0 spiro atoms. The maximum Gasteiger partial charge on any atom is 0.356 e. The Morgan fingerprint density at radius 3 is 2.44 bits per heavy atom. The summed E-state index contributed by atoms with van der Waals surface area (Å²) in [6, 6.07) is 6.71. The van der Waals surface area contributed by atoms with E-state index in [0.717, 1.165) is 19.3 Å². The van der Waals surface area contributed by atoms with Crippen LogP contribution in [0.1, 0.15) is 62.1 Å². The molecule has 3 amide bonds.